The van der Waals surface area contributed by atoms with E-state index in [9.17, 15) is 22.8 Å². The largest absolute Gasteiger partial charge is 0.383 e. The van der Waals surface area contributed by atoms with Crippen molar-refractivity contribution in [3.05, 3.63) is 20.8 Å². The van der Waals surface area contributed by atoms with Crippen LogP contribution >= 0.6 is 0 Å². The molecule has 1 aromatic heterocycles. The summed E-state index contributed by atoms with van der Waals surface area (Å²) in [5.74, 6) is -0.895. The van der Waals surface area contributed by atoms with Crippen molar-refractivity contribution in [1.29, 1.82) is 0 Å². The van der Waals surface area contributed by atoms with Crippen LogP contribution in [0.2, 0.25) is 0 Å². The number of nitrogens with one attached hydrogen (secondary N) is 1. The molecule has 3 N–H and O–H groups in total. The van der Waals surface area contributed by atoms with E-state index in [-0.39, 0.29) is 49.3 Å². The highest BCUT2D eigenvalue weighted by Gasteiger charge is 2.31. The van der Waals surface area contributed by atoms with Crippen LogP contribution in [0.15, 0.2) is 9.59 Å². The van der Waals surface area contributed by atoms with E-state index >= 15 is 0 Å². The minimum absolute atomic E-state index is 0.00592. The van der Waals surface area contributed by atoms with Crippen LogP contribution in [-0.4, -0.2) is 55.1 Å². The van der Waals surface area contributed by atoms with E-state index in [4.69, 9.17) is 10.5 Å². The smallest absolute Gasteiger partial charge is 0.330 e. The Kier molecular flexibility index (Phi) is 8.25. The second-order valence-corrected chi connectivity index (χ2v) is 10.5. The van der Waals surface area contributed by atoms with Crippen molar-refractivity contribution in [2.75, 3.05) is 36.6 Å². The lowest BCUT2D eigenvalue weighted by molar-refractivity contribution is -0.118. The second-order valence-electron chi connectivity index (χ2n) is 8.06. The normalized spacial score (nSPS) is 15.1. The Hall–Kier alpha value is -2.14. The van der Waals surface area contributed by atoms with Gasteiger partial charge in [-0.25, -0.2) is 13.2 Å². The van der Waals surface area contributed by atoms with Crippen molar-refractivity contribution >= 4 is 27.2 Å². The number of ether oxygens (including phenoxy) is 1. The molecule has 170 valence electrons. The van der Waals surface area contributed by atoms with Crippen molar-refractivity contribution in [3.63, 3.8) is 0 Å². The van der Waals surface area contributed by atoms with Gasteiger partial charge in [0.25, 0.3) is 5.56 Å². The number of methoxy groups -OCH3 is 1. The molecule has 0 aliphatic heterocycles. The number of anilines is 2. The molecule has 1 fully saturated rings. The number of nitrogen functional groups attached to an aromatic ring is 1. The van der Waals surface area contributed by atoms with E-state index in [0.717, 1.165) is 17.7 Å². The van der Waals surface area contributed by atoms with E-state index in [0.29, 0.717) is 12.8 Å². The van der Waals surface area contributed by atoms with Gasteiger partial charge in [-0.3, -0.25) is 19.1 Å². The zero-order chi connectivity index (χ0) is 22.5. The maximum Gasteiger partial charge on any atom is 0.330 e. The van der Waals surface area contributed by atoms with Crippen LogP contribution in [0.25, 0.3) is 0 Å². The third-order valence-electron chi connectivity index (χ3n) is 5.26. The number of carbonyl (C=O) groups excluding carboxylic acids is 1. The topological polar surface area (TPSA) is 145 Å². The zero-order valence-electron chi connectivity index (χ0n) is 17.8. The third-order valence-corrected chi connectivity index (χ3v) is 7.52. The maximum absolute atomic E-state index is 12.9. The first-order chi connectivity index (χ1) is 14.1. The quantitative estimate of drug-likeness (QED) is 0.534. The average molecular weight is 445 g/mol. The number of hydrogen-bond donors (Lipinski definition) is 2. The summed E-state index contributed by atoms with van der Waals surface area (Å²) in [6.07, 6.45) is 2.72. The van der Waals surface area contributed by atoms with Gasteiger partial charge in [0.1, 0.15) is 5.82 Å². The lowest BCUT2D eigenvalue weighted by Gasteiger charge is -2.25. The summed E-state index contributed by atoms with van der Waals surface area (Å²) in [6.45, 7) is 4.16. The Labute approximate surface area is 176 Å². The van der Waals surface area contributed by atoms with Gasteiger partial charge in [-0.05, 0) is 18.8 Å². The molecule has 0 radical (unpaired) electrons. The van der Waals surface area contributed by atoms with Crippen LogP contribution in [0, 0.1) is 5.92 Å². The van der Waals surface area contributed by atoms with Crippen LogP contribution in [-0.2, 0) is 25.9 Å². The lowest BCUT2D eigenvalue weighted by atomic mass is 10.2. The molecule has 1 aromatic rings. The first kappa shape index (κ1) is 24.1. The third kappa shape index (κ3) is 5.72. The first-order valence-electron chi connectivity index (χ1n) is 10.2. The number of sulfone groups is 1. The molecule has 1 heterocycles. The minimum Gasteiger partial charge on any atom is -0.383 e. The van der Waals surface area contributed by atoms with E-state index in [1.807, 2.05) is 13.8 Å². The predicted molar refractivity (Wildman–Crippen MR) is 115 cm³/mol. The molecule has 1 saturated carbocycles. The Morgan fingerprint density at radius 2 is 1.93 bits per heavy atom. The molecule has 10 nitrogen and oxygen atoms in total. The highest BCUT2D eigenvalue weighted by molar-refractivity contribution is 7.92. The van der Waals surface area contributed by atoms with Crippen molar-refractivity contribution in [2.24, 2.45) is 5.92 Å². The SMILES string of the molecule is COCCN(C(=O)CCS(=O)(=O)C1CCCC1)c1c(N)n(CC(C)C)c(=O)[nH]c1=O. The van der Waals surface area contributed by atoms with Gasteiger partial charge in [-0.15, -0.1) is 0 Å². The summed E-state index contributed by atoms with van der Waals surface area (Å²) in [6, 6.07) is 0. The molecule has 0 unspecified atom stereocenters. The number of rotatable bonds is 10. The standard InChI is InChI=1S/C19H32N4O6S/c1-13(2)12-23-17(20)16(18(25)21-19(23)26)22(9-10-29-3)15(24)8-11-30(27,28)14-6-4-5-7-14/h13-14H,4-12,20H2,1-3H3,(H,21,25,26). The van der Waals surface area contributed by atoms with Crippen LogP contribution < -0.4 is 21.9 Å². The predicted octanol–water partition coefficient (Wildman–Crippen LogP) is 0.502. The molecule has 0 saturated heterocycles. The molecule has 2 rings (SSSR count). The van der Waals surface area contributed by atoms with Gasteiger partial charge in [0.15, 0.2) is 15.5 Å². The highest BCUT2D eigenvalue weighted by atomic mass is 32.2. The fourth-order valence-electron chi connectivity index (χ4n) is 3.71. The van der Waals surface area contributed by atoms with E-state index in [1.54, 1.807) is 0 Å². The molecule has 0 bridgehead atoms. The number of aromatic amines is 1. The van der Waals surface area contributed by atoms with Gasteiger partial charge in [-0.1, -0.05) is 26.7 Å². The maximum atomic E-state index is 12.9. The van der Waals surface area contributed by atoms with E-state index < -0.39 is 32.2 Å². The number of hydrogen-bond acceptors (Lipinski definition) is 7. The van der Waals surface area contributed by atoms with Crippen molar-refractivity contribution < 1.29 is 17.9 Å². The second kappa shape index (κ2) is 10.3. The van der Waals surface area contributed by atoms with Gasteiger partial charge < -0.3 is 15.4 Å². The molecule has 1 aliphatic carbocycles. The number of H-pyrrole nitrogens is 1. The van der Waals surface area contributed by atoms with E-state index in [2.05, 4.69) is 4.98 Å². The summed E-state index contributed by atoms with van der Waals surface area (Å²) in [4.78, 5) is 41.0. The van der Waals surface area contributed by atoms with Crippen LogP contribution in [0.3, 0.4) is 0 Å². The number of nitrogens with two attached hydrogens (primary N) is 1. The summed E-state index contributed by atoms with van der Waals surface area (Å²) in [5, 5.41) is -0.404. The van der Waals surface area contributed by atoms with Crippen molar-refractivity contribution in [3.8, 4) is 0 Å². The van der Waals surface area contributed by atoms with Gasteiger partial charge in [0.05, 0.1) is 17.6 Å². The summed E-state index contributed by atoms with van der Waals surface area (Å²) >= 11 is 0. The number of carbonyl (C=O) groups is 1. The summed E-state index contributed by atoms with van der Waals surface area (Å²) in [7, 11) is -1.95. The van der Waals surface area contributed by atoms with Crippen molar-refractivity contribution in [2.45, 2.75) is 57.7 Å². The Balaban J connectivity index is 2.34. The van der Waals surface area contributed by atoms with Crippen LogP contribution in [0.4, 0.5) is 11.5 Å². The molecule has 0 spiro atoms. The Morgan fingerprint density at radius 1 is 1.30 bits per heavy atom. The zero-order valence-corrected chi connectivity index (χ0v) is 18.7. The number of nitrogens with zero attached hydrogens (tertiary/aromatic N) is 2. The van der Waals surface area contributed by atoms with Gasteiger partial charge >= 0.3 is 5.69 Å². The number of aromatic nitrogens is 2. The minimum atomic E-state index is -3.39. The van der Waals surface area contributed by atoms with Crippen LogP contribution in [0.5, 0.6) is 0 Å². The van der Waals surface area contributed by atoms with Gasteiger partial charge in [-0.2, -0.15) is 0 Å². The fourth-order valence-corrected chi connectivity index (χ4v) is 5.55. The average Bonchev–Trinajstić information content (AvgIpc) is 3.21. The van der Waals surface area contributed by atoms with Crippen molar-refractivity contribution in [1.82, 2.24) is 9.55 Å². The van der Waals surface area contributed by atoms with Gasteiger partial charge in [0, 0.05) is 26.6 Å². The molecule has 1 aliphatic rings. The molecule has 1 amide bonds. The molecule has 0 atom stereocenters. The fraction of sp³-hybridized carbons (Fsp3) is 0.737. The van der Waals surface area contributed by atoms with Gasteiger partial charge in [0.2, 0.25) is 5.91 Å². The molecule has 0 aromatic carbocycles. The molecule has 30 heavy (non-hydrogen) atoms. The number of amides is 1. The van der Waals surface area contributed by atoms with E-state index in [1.165, 1.54) is 11.7 Å². The molecular formula is C19H32N4O6S. The summed E-state index contributed by atoms with van der Waals surface area (Å²) < 4.78 is 31.3. The first-order valence-corrected chi connectivity index (χ1v) is 11.9. The summed E-state index contributed by atoms with van der Waals surface area (Å²) in [5.41, 5.74) is 4.51. The Bertz CT molecular complexity index is 960. The monoisotopic (exact) mass is 444 g/mol. The lowest BCUT2D eigenvalue weighted by Crippen LogP contribution is -2.43. The molecular weight excluding hydrogens is 412 g/mol. The Morgan fingerprint density at radius 3 is 2.50 bits per heavy atom. The highest BCUT2D eigenvalue weighted by Crippen LogP contribution is 2.26. The van der Waals surface area contributed by atoms with Crippen LogP contribution in [0.1, 0.15) is 46.0 Å². The molecule has 11 heteroatoms.